The lowest BCUT2D eigenvalue weighted by atomic mass is 9.99. The molecule has 39 heavy (non-hydrogen) atoms. The smallest absolute Gasteiger partial charge is 0.253 e. The topological polar surface area (TPSA) is 76.9 Å². The molecule has 1 aromatic heterocycles. The molecule has 3 aromatic carbocycles. The highest BCUT2D eigenvalue weighted by molar-refractivity contribution is 7.99. The number of carbonyl (C=O) groups excluding carboxylic acids is 1. The summed E-state index contributed by atoms with van der Waals surface area (Å²) < 4.78 is 14.6. The van der Waals surface area contributed by atoms with Gasteiger partial charge >= 0.3 is 0 Å². The molecule has 0 aliphatic heterocycles. The van der Waals surface area contributed by atoms with Gasteiger partial charge in [-0.1, -0.05) is 67.6 Å². The fourth-order valence-corrected chi connectivity index (χ4v) is 5.21. The van der Waals surface area contributed by atoms with Gasteiger partial charge in [0, 0.05) is 31.6 Å². The van der Waals surface area contributed by atoms with Crippen LogP contribution in [0, 0.1) is 5.82 Å². The Kier molecular flexibility index (Phi) is 8.76. The average Bonchev–Trinajstić information content (AvgIpc) is 2.94. The van der Waals surface area contributed by atoms with E-state index in [1.807, 2.05) is 49.4 Å². The summed E-state index contributed by atoms with van der Waals surface area (Å²) in [7, 11) is 5.12. The number of aromatic nitrogens is 1. The Morgan fingerprint density at radius 2 is 1.62 bits per heavy atom. The molecule has 0 spiro atoms. The van der Waals surface area contributed by atoms with Crippen molar-refractivity contribution in [2.75, 3.05) is 26.0 Å². The second kappa shape index (κ2) is 12.2. The van der Waals surface area contributed by atoms with Crippen molar-refractivity contribution in [3.05, 3.63) is 89.9 Å². The molecule has 0 bridgehead atoms. The summed E-state index contributed by atoms with van der Waals surface area (Å²) in [6.07, 6.45) is 2.23. The molecule has 6 nitrogen and oxygen atoms in total. The number of unbranched alkanes of at least 4 members (excludes halogenated alkanes) is 1. The average molecular weight is 546 g/mol. The summed E-state index contributed by atoms with van der Waals surface area (Å²) in [5, 5.41) is 22.2. The first-order valence-corrected chi connectivity index (χ1v) is 13.6. The highest BCUT2D eigenvalue weighted by Gasteiger charge is 2.25. The maximum Gasteiger partial charge on any atom is 0.253 e. The Labute approximate surface area is 232 Å². The van der Waals surface area contributed by atoms with E-state index in [4.69, 9.17) is 0 Å². The molecule has 0 aliphatic carbocycles. The van der Waals surface area contributed by atoms with Crippen molar-refractivity contribution in [3.63, 3.8) is 0 Å². The fraction of sp³-hybridized carbons (Fsp3) is 0.226. The van der Waals surface area contributed by atoms with Gasteiger partial charge in [-0.15, -0.1) is 0 Å². The van der Waals surface area contributed by atoms with Crippen LogP contribution in [0.25, 0.3) is 11.1 Å². The second-order valence-electron chi connectivity index (χ2n) is 9.39. The number of nitrogens with zero attached hydrogens (tertiary/aromatic N) is 3. The lowest BCUT2D eigenvalue weighted by Crippen LogP contribution is -2.22. The lowest BCUT2D eigenvalue weighted by molar-refractivity contribution is 0.0828. The van der Waals surface area contributed by atoms with Crippen LogP contribution in [0.15, 0.2) is 82.6 Å². The first kappa shape index (κ1) is 28.0. The maximum absolute atomic E-state index is 14.6. The molecule has 0 radical (unpaired) electrons. The number of aromatic hydroxyl groups is 2. The lowest BCUT2D eigenvalue weighted by Gasteiger charge is -2.25. The molecule has 4 aromatic rings. The van der Waals surface area contributed by atoms with E-state index in [1.165, 1.54) is 17.8 Å². The van der Waals surface area contributed by atoms with E-state index in [0.717, 1.165) is 28.9 Å². The SMILES string of the molecule is CCCCc1nc(O)c(Sc2ccc(-c3ccccc3C(=O)N(C)C)cc2)c(O)c1N(C)c1ccccc1F. The summed E-state index contributed by atoms with van der Waals surface area (Å²) in [6, 6.07) is 21.3. The quantitative estimate of drug-likeness (QED) is 0.230. The second-order valence-corrected chi connectivity index (χ2v) is 10.5. The Bertz CT molecular complexity index is 1470. The molecule has 1 amide bonds. The minimum Gasteiger partial charge on any atom is -0.504 e. The maximum atomic E-state index is 14.6. The van der Waals surface area contributed by atoms with Crippen molar-refractivity contribution in [2.24, 2.45) is 0 Å². The van der Waals surface area contributed by atoms with E-state index in [0.29, 0.717) is 29.1 Å². The number of pyridine rings is 1. The Hall–Kier alpha value is -4.04. The van der Waals surface area contributed by atoms with Gasteiger partial charge in [0.1, 0.15) is 16.4 Å². The van der Waals surface area contributed by atoms with Crippen LogP contribution < -0.4 is 4.90 Å². The Balaban J connectivity index is 1.71. The van der Waals surface area contributed by atoms with Crippen LogP contribution in [0.5, 0.6) is 11.6 Å². The number of para-hydroxylation sites is 1. The third kappa shape index (κ3) is 6.01. The van der Waals surface area contributed by atoms with Crippen molar-refractivity contribution in [3.8, 4) is 22.8 Å². The number of amides is 1. The molecule has 4 rings (SSSR count). The van der Waals surface area contributed by atoms with Crippen LogP contribution in [-0.4, -0.2) is 47.1 Å². The molecule has 0 aliphatic rings. The van der Waals surface area contributed by atoms with Gasteiger partial charge in [0.25, 0.3) is 5.91 Å². The highest BCUT2D eigenvalue weighted by Crippen LogP contribution is 2.48. The number of hydrogen-bond acceptors (Lipinski definition) is 6. The van der Waals surface area contributed by atoms with Gasteiger partial charge in [-0.05, 0) is 54.3 Å². The van der Waals surface area contributed by atoms with Gasteiger partial charge in [-0.3, -0.25) is 4.79 Å². The first-order chi connectivity index (χ1) is 18.7. The van der Waals surface area contributed by atoms with E-state index >= 15 is 0 Å². The number of carbonyl (C=O) groups is 1. The third-order valence-electron chi connectivity index (χ3n) is 6.42. The molecule has 0 atom stereocenters. The Morgan fingerprint density at radius 3 is 2.28 bits per heavy atom. The summed E-state index contributed by atoms with van der Waals surface area (Å²) in [5.41, 5.74) is 3.44. The highest BCUT2D eigenvalue weighted by atomic mass is 32.2. The minimum atomic E-state index is -0.424. The van der Waals surface area contributed by atoms with Crippen molar-refractivity contribution in [1.82, 2.24) is 9.88 Å². The van der Waals surface area contributed by atoms with Crippen molar-refractivity contribution < 1.29 is 19.4 Å². The van der Waals surface area contributed by atoms with E-state index in [-0.39, 0.29) is 22.4 Å². The predicted molar refractivity (Wildman–Crippen MR) is 155 cm³/mol. The number of benzene rings is 3. The zero-order valence-electron chi connectivity index (χ0n) is 22.5. The van der Waals surface area contributed by atoms with Gasteiger partial charge in [0.05, 0.1) is 11.4 Å². The van der Waals surface area contributed by atoms with Crippen LogP contribution in [0.4, 0.5) is 15.8 Å². The zero-order valence-corrected chi connectivity index (χ0v) is 23.3. The van der Waals surface area contributed by atoms with Crippen molar-refractivity contribution in [1.29, 1.82) is 0 Å². The van der Waals surface area contributed by atoms with Gasteiger partial charge in [0.2, 0.25) is 5.88 Å². The van der Waals surface area contributed by atoms with Crippen LogP contribution in [-0.2, 0) is 6.42 Å². The summed E-state index contributed by atoms with van der Waals surface area (Å²) >= 11 is 1.17. The van der Waals surface area contributed by atoms with Crippen LogP contribution in [0.3, 0.4) is 0 Å². The summed E-state index contributed by atoms with van der Waals surface area (Å²) in [5.74, 6) is -0.943. The number of halogens is 1. The van der Waals surface area contributed by atoms with Gasteiger partial charge in [0.15, 0.2) is 5.75 Å². The summed E-state index contributed by atoms with van der Waals surface area (Å²) in [4.78, 5) is 21.1. The molecule has 0 saturated carbocycles. The van der Waals surface area contributed by atoms with Crippen LogP contribution in [0.1, 0.15) is 35.8 Å². The van der Waals surface area contributed by atoms with E-state index < -0.39 is 5.82 Å². The number of anilines is 2. The molecule has 8 heteroatoms. The van der Waals surface area contributed by atoms with Gasteiger partial charge in [-0.25, -0.2) is 9.37 Å². The number of aryl methyl sites for hydroxylation is 1. The molecule has 0 unspecified atom stereocenters. The zero-order chi connectivity index (χ0) is 28.1. The molecule has 202 valence electrons. The molecule has 2 N–H and O–H groups in total. The fourth-order valence-electron chi connectivity index (χ4n) is 4.37. The number of rotatable bonds is 9. The van der Waals surface area contributed by atoms with Crippen molar-refractivity contribution in [2.45, 2.75) is 36.0 Å². The molecular formula is C31H32FN3O3S. The van der Waals surface area contributed by atoms with E-state index in [2.05, 4.69) is 4.98 Å². The predicted octanol–water partition coefficient (Wildman–Crippen LogP) is 7.26. The molecule has 0 saturated heterocycles. The van der Waals surface area contributed by atoms with Crippen LogP contribution in [0.2, 0.25) is 0 Å². The first-order valence-electron chi connectivity index (χ1n) is 12.7. The Morgan fingerprint density at radius 1 is 0.949 bits per heavy atom. The van der Waals surface area contributed by atoms with Gasteiger partial charge < -0.3 is 20.0 Å². The van der Waals surface area contributed by atoms with Crippen LogP contribution >= 0.6 is 11.8 Å². The summed E-state index contributed by atoms with van der Waals surface area (Å²) in [6.45, 7) is 2.04. The molecular weight excluding hydrogens is 513 g/mol. The standard InChI is InChI=1S/C31H32FN3O3S/c1-5-6-14-25-27(35(4)26-15-10-9-13-24(26)32)28(36)29(30(37)33-25)39-21-18-16-20(17-19-21)22-11-7-8-12-23(22)31(38)34(2)3/h7-13,15-19H,5-6,14H2,1-4H3,(H2,33,36,37). The largest absolute Gasteiger partial charge is 0.504 e. The monoisotopic (exact) mass is 545 g/mol. The molecule has 1 heterocycles. The van der Waals surface area contributed by atoms with E-state index in [9.17, 15) is 19.4 Å². The number of hydrogen-bond donors (Lipinski definition) is 2. The normalized spacial score (nSPS) is 10.9. The van der Waals surface area contributed by atoms with Gasteiger partial charge in [-0.2, -0.15) is 0 Å². The molecule has 0 fully saturated rings. The minimum absolute atomic E-state index is 0.0837. The van der Waals surface area contributed by atoms with E-state index in [1.54, 1.807) is 55.2 Å². The third-order valence-corrected chi connectivity index (χ3v) is 7.51. The van der Waals surface area contributed by atoms with Crippen molar-refractivity contribution >= 4 is 29.0 Å².